The second-order valence-electron chi connectivity index (χ2n) is 6.58. The first-order valence-corrected chi connectivity index (χ1v) is 8.64. The Hall–Kier alpha value is -2.50. The zero-order valence-corrected chi connectivity index (χ0v) is 15.1. The van der Waals surface area contributed by atoms with E-state index in [2.05, 4.69) is 0 Å². The Balaban J connectivity index is 2.07. The Morgan fingerprint density at radius 2 is 2.04 bits per heavy atom. The summed E-state index contributed by atoms with van der Waals surface area (Å²) in [4.78, 5) is 25.0. The van der Waals surface area contributed by atoms with Crippen molar-refractivity contribution in [2.75, 3.05) is 6.61 Å². The molecule has 3 rings (SSSR count). The van der Waals surface area contributed by atoms with E-state index in [-0.39, 0.29) is 5.78 Å². The Labute approximate surface area is 147 Å². The molecule has 0 aromatic carbocycles. The van der Waals surface area contributed by atoms with E-state index in [1.54, 1.807) is 23.7 Å². The predicted molar refractivity (Wildman–Crippen MR) is 93.4 cm³/mol. The van der Waals surface area contributed by atoms with Gasteiger partial charge in [-0.2, -0.15) is 0 Å². The summed E-state index contributed by atoms with van der Waals surface area (Å²) in [6.07, 6.45) is 1.03. The molecule has 0 amide bonds. The number of nitrogens with zero attached hydrogens (tertiary/aromatic N) is 2. The number of rotatable bonds is 6. The van der Waals surface area contributed by atoms with E-state index in [1.807, 2.05) is 31.4 Å². The van der Waals surface area contributed by atoms with E-state index in [0.29, 0.717) is 43.3 Å². The number of aryl methyl sites for hydroxylation is 1. The van der Waals surface area contributed by atoms with E-state index in [0.717, 1.165) is 11.3 Å². The second-order valence-corrected chi connectivity index (χ2v) is 6.58. The van der Waals surface area contributed by atoms with Crippen molar-refractivity contribution in [3.05, 3.63) is 40.8 Å². The number of hydrogen-bond acceptors (Lipinski definition) is 3. The summed E-state index contributed by atoms with van der Waals surface area (Å²) in [5, 5.41) is 9.75. The fourth-order valence-corrected chi connectivity index (χ4v) is 3.91. The first-order valence-electron chi connectivity index (χ1n) is 8.64. The van der Waals surface area contributed by atoms with Crippen LogP contribution in [0.4, 0.5) is 0 Å². The van der Waals surface area contributed by atoms with Crippen molar-refractivity contribution in [2.45, 2.75) is 45.6 Å². The fourth-order valence-electron chi connectivity index (χ4n) is 3.91. The molecule has 3 heterocycles. The molecule has 6 nitrogen and oxygen atoms in total. The van der Waals surface area contributed by atoms with E-state index >= 15 is 0 Å². The zero-order chi connectivity index (χ0) is 18.4. The van der Waals surface area contributed by atoms with Gasteiger partial charge in [-0.25, -0.2) is 0 Å². The van der Waals surface area contributed by atoms with Crippen LogP contribution >= 0.6 is 0 Å². The van der Waals surface area contributed by atoms with Gasteiger partial charge in [0.1, 0.15) is 5.41 Å². The quantitative estimate of drug-likeness (QED) is 0.818. The third-order valence-electron chi connectivity index (χ3n) is 5.37. The van der Waals surface area contributed by atoms with Gasteiger partial charge in [0.25, 0.3) is 0 Å². The van der Waals surface area contributed by atoms with Gasteiger partial charge in [-0.3, -0.25) is 9.59 Å². The zero-order valence-electron chi connectivity index (χ0n) is 15.1. The summed E-state index contributed by atoms with van der Waals surface area (Å²) in [6, 6.07) is 5.41. The molecule has 0 radical (unpaired) electrons. The Morgan fingerprint density at radius 3 is 2.64 bits per heavy atom. The average Bonchev–Trinajstić information content (AvgIpc) is 3.20. The van der Waals surface area contributed by atoms with Gasteiger partial charge >= 0.3 is 5.97 Å². The van der Waals surface area contributed by atoms with Crippen LogP contribution in [-0.2, 0) is 23.8 Å². The highest BCUT2D eigenvalue weighted by molar-refractivity contribution is 6.08. The summed E-state index contributed by atoms with van der Waals surface area (Å²) >= 11 is 0. The number of ether oxygens (including phenoxy) is 1. The van der Waals surface area contributed by atoms with Crippen molar-refractivity contribution in [3.63, 3.8) is 0 Å². The molecular formula is C19H24N2O4. The number of fused-ring (bicyclic) bond motifs is 1. The van der Waals surface area contributed by atoms with Crippen LogP contribution in [-0.4, -0.2) is 32.6 Å². The molecule has 0 bridgehead atoms. The van der Waals surface area contributed by atoms with Crippen molar-refractivity contribution in [3.8, 4) is 5.88 Å². The number of carbonyl (C=O) groups excluding carboxylic acids is 1. The van der Waals surface area contributed by atoms with Crippen LogP contribution in [0.15, 0.2) is 18.2 Å². The molecule has 0 saturated heterocycles. The summed E-state index contributed by atoms with van der Waals surface area (Å²) in [7, 11) is 1.80. The third kappa shape index (κ3) is 2.39. The summed E-state index contributed by atoms with van der Waals surface area (Å²) in [5.41, 5.74) is 1.78. The number of aromatic nitrogens is 2. The Kier molecular flexibility index (Phi) is 4.22. The summed E-state index contributed by atoms with van der Waals surface area (Å²) < 4.78 is 9.15. The van der Waals surface area contributed by atoms with Crippen LogP contribution < -0.4 is 4.74 Å². The molecule has 1 aliphatic heterocycles. The van der Waals surface area contributed by atoms with E-state index in [9.17, 15) is 14.7 Å². The van der Waals surface area contributed by atoms with Crippen molar-refractivity contribution in [2.24, 2.45) is 7.05 Å². The average molecular weight is 344 g/mol. The van der Waals surface area contributed by atoms with Crippen molar-refractivity contribution in [1.82, 2.24) is 9.13 Å². The van der Waals surface area contributed by atoms with Crippen LogP contribution in [0, 0.1) is 6.92 Å². The smallest absolute Gasteiger partial charge is 0.315 e. The van der Waals surface area contributed by atoms with Gasteiger partial charge in [-0.15, -0.1) is 0 Å². The van der Waals surface area contributed by atoms with E-state index < -0.39 is 11.4 Å². The lowest BCUT2D eigenvalue weighted by molar-refractivity contribution is -0.144. The summed E-state index contributed by atoms with van der Waals surface area (Å²) in [6.45, 7) is 6.73. The molecule has 2 aromatic rings. The van der Waals surface area contributed by atoms with Gasteiger partial charge in [-0.05, 0) is 44.4 Å². The molecule has 25 heavy (non-hydrogen) atoms. The van der Waals surface area contributed by atoms with E-state index in [1.165, 1.54) is 0 Å². The Morgan fingerprint density at radius 1 is 1.32 bits per heavy atom. The molecule has 134 valence electrons. The molecule has 0 spiro atoms. The lowest BCUT2D eigenvalue weighted by Gasteiger charge is -2.21. The largest absolute Gasteiger partial charge is 0.481 e. The normalized spacial score (nSPS) is 19.0. The minimum Gasteiger partial charge on any atom is -0.481 e. The molecule has 0 aliphatic carbocycles. The molecular weight excluding hydrogens is 320 g/mol. The first kappa shape index (κ1) is 17.3. The van der Waals surface area contributed by atoms with Crippen LogP contribution in [0.5, 0.6) is 5.88 Å². The van der Waals surface area contributed by atoms with E-state index in [4.69, 9.17) is 4.74 Å². The summed E-state index contributed by atoms with van der Waals surface area (Å²) in [5.74, 6) is -0.276. The number of carbonyl (C=O) groups is 2. The molecule has 1 unspecified atom stereocenters. The first-order chi connectivity index (χ1) is 11.9. The lowest BCUT2D eigenvalue weighted by Crippen LogP contribution is -2.32. The van der Waals surface area contributed by atoms with Crippen LogP contribution in [0.3, 0.4) is 0 Å². The van der Waals surface area contributed by atoms with Gasteiger partial charge in [-0.1, -0.05) is 6.92 Å². The fraction of sp³-hybridized carbons (Fsp3) is 0.474. The molecule has 1 N–H and O–H groups in total. The van der Waals surface area contributed by atoms with Gasteiger partial charge < -0.3 is 19.0 Å². The minimum absolute atomic E-state index is 0.102. The molecule has 2 aromatic heterocycles. The highest BCUT2D eigenvalue weighted by Crippen LogP contribution is 2.41. The van der Waals surface area contributed by atoms with Gasteiger partial charge in [0.15, 0.2) is 5.88 Å². The maximum atomic E-state index is 13.2. The minimum atomic E-state index is -0.895. The van der Waals surface area contributed by atoms with Crippen molar-refractivity contribution in [1.29, 1.82) is 0 Å². The molecule has 0 fully saturated rings. The Bertz CT molecular complexity index is 846. The maximum absolute atomic E-state index is 13.2. The second kappa shape index (κ2) is 6.10. The number of carboxylic acid groups (broad SMARTS) is 1. The lowest BCUT2D eigenvalue weighted by atomic mass is 9.81. The number of aliphatic carboxylic acids is 1. The SMILES string of the molecule is CCOc1ccc(C(=O)c2c(C)cc3n2CCC3(CC)C(=O)O)n1C. The van der Waals surface area contributed by atoms with Gasteiger partial charge in [0.2, 0.25) is 5.78 Å². The van der Waals surface area contributed by atoms with Crippen LogP contribution in [0.2, 0.25) is 0 Å². The van der Waals surface area contributed by atoms with Gasteiger partial charge in [0, 0.05) is 25.4 Å². The predicted octanol–water partition coefficient (Wildman–Crippen LogP) is 2.90. The molecule has 1 atom stereocenters. The monoisotopic (exact) mass is 344 g/mol. The third-order valence-corrected chi connectivity index (χ3v) is 5.37. The molecule has 0 saturated carbocycles. The standard InChI is InChI=1S/C19H24N2O4/c1-5-19(18(23)24)9-10-21-14(19)11-12(3)16(21)17(22)13-7-8-15(20(13)4)25-6-2/h7-8,11H,5-6,9-10H2,1-4H3,(H,23,24). The number of carboxylic acids is 1. The maximum Gasteiger partial charge on any atom is 0.315 e. The highest BCUT2D eigenvalue weighted by atomic mass is 16.5. The van der Waals surface area contributed by atoms with Crippen molar-refractivity contribution < 1.29 is 19.4 Å². The molecule has 6 heteroatoms. The van der Waals surface area contributed by atoms with Crippen LogP contribution in [0.1, 0.15) is 54.1 Å². The van der Waals surface area contributed by atoms with Crippen LogP contribution in [0.25, 0.3) is 0 Å². The number of ketones is 1. The topological polar surface area (TPSA) is 73.5 Å². The van der Waals surface area contributed by atoms with Crippen molar-refractivity contribution >= 4 is 11.8 Å². The van der Waals surface area contributed by atoms with Gasteiger partial charge in [0.05, 0.1) is 18.0 Å². The molecule has 1 aliphatic rings. The number of hydrogen-bond donors (Lipinski definition) is 1. The highest BCUT2D eigenvalue weighted by Gasteiger charge is 2.46.